The minimum Gasteiger partial charge on any atom is -0.493 e. The van der Waals surface area contributed by atoms with Crippen LogP contribution in [0.2, 0.25) is 0 Å². The number of hydrogen-bond donors (Lipinski definition) is 2. The summed E-state index contributed by atoms with van der Waals surface area (Å²) in [6, 6.07) is 14.9. The van der Waals surface area contributed by atoms with Crippen molar-refractivity contribution < 1.29 is 9.47 Å². The van der Waals surface area contributed by atoms with E-state index in [0.717, 1.165) is 44.2 Å². The van der Waals surface area contributed by atoms with E-state index in [0.29, 0.717) is 13.2 Å². The van der Waals surface area contributed by atoms with Gasteiger partial charge in [0, 0.05) is 26.6 Å². The second-order valence-electron chi connectivity index (χ2n) is 6.66. The molecule has 2 aromatic rings. The molecule has 0 saturated carbocycles. The molecule has 27 heavy (non-hydrogen) atoms. The topological polar surface area (TPSA) is 54.9 Å². The Morgan fingerprint density at radius 3 is 2.63 bits per heavy atom. The predicted octanol–water partition coefficient (Wildman–Crippen LogP) is 3.07. The van der Waals surface area contributed by atoms with Crippen LogP contribution >= 0.6 is 0 Å². The molecule has 0 aliphatic carbocycles. The van der Waals surface area contributed by atoms with E-state index in [4.69, 9.17) is 14.5 Å². The first-order chi connectivity index (χ1) is 13.3. The Hall–Kier alpha value is -2.53. The van der Waals surface area contributed by atoms with Gasteiger partial charge in [-0.1, -0.05) is 36.4 Å². The number of nitrogens with one attached hydrogen (secondary N) is 2. The van der Waals surface area contributed by atoms with Gasteiger partial charge in [0.25, 0.3) is 0 Å². The van der Waals surface area contributed by atoms with Gasteiger partial charge < -0.3 is 20.1 Å². The van der Waals surface area contributed by atoms with Crippen molar-refractivity contribution in [2.45, 2.75) is 32.9 Å². The molecule has 0 aromatic heterocycles. The molecule has 0 spiro atoms. The Balaban J connectivity index is 1.51. The molecule has 0 amide bonds. The van der Waals surface area contributed by atoms with Gasteiger partial charge >= 0.3 is 0 Å². The predicted molar refractivity (Wildman–Crippen MR) is 109 cm³/mol. The Bertz CT molecular complexity index is 757. The van der Waals surface area contributed by atoms with E-state index in [-0.39, 0.29) is 0 Å². The van der Waals surface area contributed by atoms with Gasteiger partial charge in [-0.25, -0.2) is 4.99 Å². The average Bonchev–Trinajstić information content (AvgIpc) is 3.15. The SMILES string of the molecule is CCNC(=NCc1ccc(COC)cc1)NCCc1ccc2c(c1)CCO2. The normalized spacial score (nSPS) is 13.2. The van der Waals surface area contributed by atoms with Crippen LogP contribution in [0.5, 0.6) is 5.75 Å². The van der Waals surface area contributed by atoms with Crippen LogP contribution in [0.15, 0.2) is 47.5 Å². The fraction of sp³-hybridized carbons (Fsp3) is 0.409. The number of benzene rings is 2. The highest BCUT2D eigenvalue weighted by Gasteiger charge is 2.11. The number of aliphatic imine (C=N–C) groups is 1. The second kappa shape index (κ2) is 9.97. The molecule has 0 fully saturated rings. The number of nitrogens with zero attached hydrogens (tertiary/aromatic N) is 1. The number of fused-ring (bicyclic) bond motifs is 1. The average molecular weight is 367 g/mol. The van der Waals surface area contributed by atoms with Crippen LogP contribution in [0.3, 0.4) is 0 Å². The fourth-order valence-electron chi connectivity index (χ4n) is 3.14. The molecule has 0 unspecified atom stereocenters. The summed E-state index contributed by atoms with van der Waals surface area (Å²) in [7, 11) is 1.71. The lowest BCUT2D eigenvalue weighted by Crippen LogP contribution is -2.38. The molecule has 1 aliphatic heterocycles. The van der Waals surface area contributed by atoms with Crippen LogP contribution in [0.1, 0.15) is 29.2 Å². The molecule has 5 nitrogen and oxygen atoms in total. The van der Waals surface area contributed by atoms with Gasteiger partial charge in [0.1, 0.15) is 5.75 Å². The van der Waals surface area contributed by atoms with Gasteiger partial charge in [0.15, 0.2) is 5.96 Å². The van der Waals surface area contributed by atoms with Gasteiger partial charge in [0.2, 0.25) is 0 Å². The monoisotopic (exact) mass is 367 g/mol. The van der Waals surface area contributed by atoms with Crippen LogP contribution in [0, 0.1) is 0 Å². The Morgan fingerprint density at radius 1 is 1.07 bits per heavy atom. The van der Waals surface area contributed by atoms with Crippen molar-refractivity contribution in [3.05, 3.63) is 64.7 Å². The van der Waals surface area contributed by atoms with Gasteiger partial charge in [-0.15, -0.1) is 0 Å². The molecule has 0 atom stereocenters. The highest BCUT2D eigenvalue weighted by Crippen LogP contribution is 2.25. The van der Waals surface area contributed by atoms with E-state index in [9.17, 15) is 0 Å². The highest BCUT2D eigenvalue weighted by atomic mass is 16.5. The molecular weight excluding hydrogens is 338 g/mol. The maximum Gasteiger partial charge on any atom is 0.191 e. The summed E-state index contributed by atoms with van der Waals surface area (Å²) in [6.07, 6.45) is 1.98. The minimum absolute atomic E-state index is 0.641. The van der Waals surface area contributed by atoms with Crippen molar-refractivity contribution in [1.82, 2.24) is 10.6 Å². The Labute approximate surface area is 161 Å². The lowest BCUT2D eigenvalue weighted by Gasteiger charge is -2.12. The maximum atomic E-state index is 5.57. The lowest BCUT2D eigenvalue weighted by molar-refractivity contribution is 0.185. The Kier molecular flexibility index (Phi) is 7.11. The minimum atomic E-state index is 0.641. The number of rotatable bonds is 8. The molecule has 2 N–H and O–H groups in total. The van der Waals surface area contributed by atoms with Crippen molar-refractivity contribution in [3.8, 4) is 5.75 Å². The zero-order valence-corrected chi connectivity index (χ0v) is 16.3. The second-order valence-corrected chi connectivity index (χ2v) is 6.66. The summed E-state index contributed by atoms with van der Waals surface area (Å²) in [5.74, 6) is 1.89. The quantitative estimate of drug-likeness (QED) is 0.556. The van der Waals surface area contributed by atoms with E-state index in [1.54, 1.807) is 7.11 Å². The molecule has 2 aromatic carbocycles. The summed E-state index contributed by atoms with van der Waals surface area (Å²) in [6.45, 7) is 5.87. The van der Waals surface area contributed by atoms with Crippen molar-refractivity contribution in [2.24, 2.45) is 4.99 Å². The first-order valence-corrected chi connectivity index (χ1v) is 9.62. The third kappa shape index (κ3) is 5.73. The molecule has 1 aliphatic rings. The van der Waals surface area contributed by atoms with Crippen LogP contribution in [0.25, 0.3) is 0 Å². The molecule has 144 valence electrons. The smallest absolute Gasteiger partial charge is 0.191 e. The zero-order chi connectivity index (χ0) is 18.9. The molecular formula is C22H29N3O2. The van der Waals surface area contributed by atoms with E-state index < -0.39 is 0 Å². The van der Waals surface area contributed by atoms with Crippen molar-refractivity contribution in [2.75, 3.05) is 26.8 Å². The van der Waals surface area contributed by atoms with Gasteiger partial charge in [0.05, 0.1) is 19.8 Å². The van der Waals surface area contributed by atoms with Crippen LogP contribution in [-0.2, 0) is 30.7 Å². The summed E-state index contributed by atoms with van der Waals surface area (Å²) in [5.41, 5.74) is 5.02. The summed E-state index contributed by atoms with van der Waals surface area (Å²) in [5, 5.41) is 6.74. The highest BCUT2D eigenvalue weighted by molar-refractivity contribution is 5.79. The van der Waals surface area contributed by atoms with Crippen LogP contribution < -0.4 is 15.4 Å². The maximum absolute atomic E-state index is 5.57. The Morgan fingerprint density at radius 2 is 1.85 bits per heavy atom. The molecule has 3 rings (SSSR count). The summed E-state index contributed by atoms with van der Waals surface area (Å²) >= 11 is 0. The van der Waals surface area contributed by atoms with Crippen molar-refractivity contribution in [1.29, 1.82) is 0 Å². The lowest BCUT2D eigenvalue weighted by atomic mass is 10.1. The van der Waals surface area contributed by atoms with Gasteiger partial charge in [-0.3, -0.25) is 0 Å². The van der Waals surface area contributed by atoms with E-state index in [1.165, 1.54) is 22.3 Å². The number of methoxy groups -OCH3 is 1. The molecule has 1 heterocycles. The van der Waals surface area contributed by atoms with E-state index in [1.807, 2.05) is 0 Å². The fourth-order valence-corrected chi connectivity index (χ4v) is 3.14. The molecule has 0 saturated heterocycles. The number of hydrogen-bond acceptors (Lipinski definition) is 3. The van der Waals surface area contributed by atoms with E-state index in [2.05, 4.69) is 60.0 Å². The zero-order valence-electron chi connectivity index (χ0n) is 16.3. The van der Waals surface area contributed by atoms with Crippen molar-refractivity contribution in [3.63, 3.8) is 0 Å². The first kappa shape index (κ1) is 19.2. The summed E-state index contributed by atoms with van der Waals surface area (Å²) in [4.78, 5) is 4.69. The molecule has 0 bridgehead atoms. The van der Waals surface area contributed by atoms with Crippen molar-refractivity contribution >= 4 is 5.96 Å². The van der Waals surface area contributed by atoms with Crippen LogP contribution in [0.4, 0.5) is 0 Å². The first-order valence-electron chi connectivity index (χ1n) is 9.62. The van der Waals surface area contributed by atoms with Crippen LogP contribution in [-0.4, -0.2) is 32.8 Å². The largest absolute Gasteiger partial charge is 0.493 e. The standard InChI is InChI=1S/C22H29N3O2/c1-3-23-22(25-15-18-4-6-19(7-5-18)16-26-2)24-12-10-17-8-9-21-20(14-17)11-13-27-21/h4-9,14H,3,10-13,15-16H2,1-2H3,(H2,23,24,25). The van der Waals surface area contributed by atoms with E-state index >= 15 is 0 Å². The number of ether oxygens (including phenoxy) is 2. The molecule has 5 heteroatoms. The molecule has 0 radical (unpaired) electrons. The third-order valence-corrected chi connectivity index (χ3v) is 4.56. The third-order valence-electron chi connectivity index (χ3n) is 4.56. The summed E-state index contributed by atoms with van der Waals surface area (Å²) < 4.78 is 10.7. The van der Waals surface area contributed by atoms with Gasteiger partial charge in [-0.2, -0.15) is 0 Å². The number of guanidine groups is 1. The van der Waals surface area contributed by atoms with Gasteiger partial charge in [-0.05, 0) is 41.7 Å².